The second-order valence-corrected chi connectivity index (χ2v) is 6.38. The number of rotatable bonds is 3. The van der Waals surface area contributed by atoms with E-state index in [1.165, 1.54) is 0 Å². The number of hydrogen-bond donors (Lipinski definition) is 0. The van der Waals surface area contributed by atoms with Gasteiger partial charge in [-0.2, -0.15) is 4.98 Å². The Morgan fingerprint density at radius 1 is 1.08 bits per heavy atom. The van der Waals surface area contributed by atoms with Crippen LogP contribution in [0, 0.1) is 6.92 Å². The van der Waals surface area contributed by atoms with Crippen LogP contribution in [0.3, 0.4) is 0 Å². The SMILES string of the molecule is CCc1nc2ncc(-c3ccnc(N4CCN(C)CC4)n3)c(C)n2n1. The molecule has 0 bridgehead atoms. The van der Waals surface area contributed by atoms with Gasteiger partial charge in [0.2, 0.25) is 5.95 Å². The minimum absolute atomic E-state index is 0.631. The van der Waals surface area contributed by atoms with Crippen LogP contribution in [0.15, 0.2) is 18.5 Å². The molecule has 25 heavy (non-hydrogen) atoms. The molecule has 0 radical (unpaired) electrons. The van der Waals surface area contributed by atoms with Gasteiger partial charge >= 0.3 is 0 Å². The van der Waals surface area contributed by atoms with Crippen molar-refractivity contribution in [3.05, 3.63) is 30.0 Å². The summed E-state index contributed by atoms with van der Waals surface area (Å²) in [5.74, 6) is 2.21. The Morgan fingerprint density at radius 2 is 1.88 bits per heavy atom. The summed E-state index contributed by atoms with van der Waals surface area (Å²) in [6.45, 7) is 8.00. The van der Waals surface area contributed by atoms with Gasteiger partial charge in [0, 0.05) is 50.6 Å². The molecule has 4 rings (SSSR count). The first-order valence-electron chi connectivity index (χ1n) is 8.64. The standard InChI is InChI=1S/C17H22N8/c1-4-15-21-17-19-11-13(12(2)25(17)22-15)14-5-6-18-16(20-14)24-9-7-23(3)8-10-24/h5-6,11H,4,7-10H2,1-3H3. The van der Waals surface area contributed by atoms with E-state index in [1.54, 1.807) is 4.52 Å². The van der Waals surface area contributed by atoms with E-state index < -0.39 is 0 Å². The van der Waals surface area contributed by atoms with Gasteiger partial charge in [-0.1, -0.05) is 6.92 Å². The van der Waals surface area contributed by atoms with Crippen LogP contribution < -0.4 is 4.90 Å². The molecule has 1 saturated heterocycles. The summed E-state index contributed by atoms with van der Waals surface area (Å²) >= 11 is 0. The third-order valence-corrected chi connectivity index (χ3v) is 4.67. The molecule has 0 aliphatic carbocycles. The van der Waals surface area contributed by atoms with Crippen LogP contribution in [0.5, 0.6) is 0 Å². The van der Waals surface area contributed by atoms with E-state index in [4.69, 9.17) is 4.98 Å². The van der Waals surface area contributed by atoms with Crippen LogP contribution in [-0.2, 0) is 6.42 Å². The van der Waals surface area contributed by atoms with E-state index in [0.717, 1.165) is 61.3 Å². The molecule has 130 valence electrons. The summed E-state index contributed by atoms with van der Waals surface area (Å²) < 4.78 is 1.80. The molecule has 1 fully saturated rings. The summed E-state index contributed by atoms with van der Waals surface area (Å²) in [4.78, 5) is 22.7. The highest BCUT2D eigenvalue weighted by Gasteiger charge is 2.18. The average Bonchev–Trinajstić information content (AvgIpc) is 3.07. The Kier molecular flexibility index (Phi) is 4.04. The normalized spacial score (nSPS) is 15.9. The van der Waals surface area contributed by atoms with E-state index in [1.807, 2.05) is 32.3 Å². The first-order chi connectivity index (χ1) is 12.2. The summed E-state index contributed by atoms with van der Waals surface area (Å²) in [5, 5.41) is 4.52. The highest BCUT2D eigenvalue weighted by atomic mass is 15.3. The lowest BCUT2D eigenvalue weighted by Crippen LogP contribution is -2.45. The lowest BCUT2D eigenvalue weighted by atomic mass is 10.2. The number of hydrogen-bond acceptors (Lipinski definition) is 7. The van der Waals surface area contributed by atoms with Gasteiger partial charge < -0.3 is 9.80 Å². The zero-order valence-electron chi connectivity index (χ0n) is 14.8. The lowest BCUT2D eigenvalue weighted by molar-refractivity contribution is 0.311. The molecule has 4 heterocycles. The molecule has 0 N–H and O–H groups in total. The van der Waals surface area contributed by atoms with Crippen molar-refractivity contribution in [1.82, 2.24) is 34.4 Å². The van der Waals surface area contributed by atoms with Crippen LogP contribution in [0.25, 0.3) is 17.0 Å². The number of aryl methyl sites for hydroxylation is 2. The summed E-state index contributed by atoms with van der Waals surface area (Å²) in [6, 6.07) is 1.92. The summed E-state index contributed by atoms with van der Waals surface area (Å²) in [7, 11) is 2.14. The number of nitrogens with zero attached hydrogens (tertiary/aromatic N) is 8. The van der Waals surface area contributed by atoms with Crippen molar-refractivity contribution >= 4 is 11.7 Å². The molecule has 0 aromatic carbocycles. The van der Waals surface area contributed by atoms with Crippen molar-refractivity contribution in [2.75, 3.05) is 38.1 Å². The summed E-state index contributed by atoms with van der Waals surface area (Å²) in [6.07, 6.45) is 4.44. The third kappa shape index (κ3) is 2.93. The minimum atomic E-state index is 0.631. The fourth-order valence-corrected chi connectivity index (χ4v) is 3.04. The average molecular weight is 338 g/mol. The van der Waals surface area contributed by atoms with Crippen LogP contribution in [-0.4, -0.2) is 67.7 Å². The van der Waals surface area contributed by atoms with E-state index in [0.29, 0.717) is 5.78 Å². The van der Waals surface area contributed by atoms with Gasteiger partial charge in [0.15, 0.2) is 5.82 Å². The Morgan fingerprint density at radius 3 is 2.64 bits per heavy atom. The van der Waals surface area contributed by atoms with Crippen LogP contribution in [0.4, 0.5) is 5.95 Å². The predicted octanol–water partition coefficient (Wildman–Crippen LogP) is 1.20. The molecule has 3 aromatic rings. The van der Waals surface area contributed by atoms with Gasteiger partial charge in [-0.3, -0.25) is 0 Å². The largest absolute Gasteiger partial charge is 0.338 e. The maximum absolute atomic E-state index is 4.78. The molecule has 3 aromatic heterocycles. The van der Waals surface area contributed by atoms with E-state index >= 15 is 0 Å². The molecular weight excluding hydrogens is 316 g/mol. The molecular formula is C17H22N8. The number of anilines is 1. The van der Waals surface area contributed by atoms with Gasteiger partial charge in [-0.25, -0.2) is 19.5 Å². The third-order valence-electron chi connectivity index (χ3n) is 4.67. The highest BCUT2D eigenvalue weighted by Crippen LogP contribution is 2.22. The molecule has 0 atom stereocenters. The van der Waals surface area contributed by atoms with E-state index in [2.05, 4.69) is 36.9 Å². The predicted molar refractivity (Wildman–Crippen MR) is 95.6 cm³/mol. The molecule has 0 saturated carbocycles. The van der Waals surface area contributed by atoms with Crippen molar-refractivity contribution in [3.63, 3.8) is 0 Å². The topological polar surface area (TPSA) is 75.3 Å². The van der Waals surface area contributed by atoms with Crippen LogP contribution >= 0.6 is 0 Å². The smallest absolute Gasteiger partial charge is 0.252 e. The first-order valence-corrected chi connectivity index (χ1v) is 8.64. The van der Waals surface area contributed by atoms with Crippen molar-refractivity contribution < 1.29 is 0 Å². The van der Waals surface area contributed by atoms with Crippen molar-refractivity contribution in [2.45, 2.75) is 20.3 Å². The monoisotopic (exact) mass is 338 g/mol. The lowest BCUT2D eigenvalue weighted by Gasteiger charge is -2.32. The molecule has 1 aliphatic heterocycles. The van der Waals surface area contributed by atoms with Crippen molar-refractivity contribution in [3.8, 4) is 11.3 Å². The van der Waals surface area contributed by atoms with Gasteiger partial charge in [0.05, 0.1) is 11.4 Å². The van der Waals surface area contributed by atoms with Gasteiger partial charge in [-0.05, 0) is 20.0 Å². The number of likely N-dealkylation sites (N-methyl/N-ethyl adjacent to an activating group) is 1. The van der Waals surface area contributed by atoms with E-state index in [9.17, 15) is 0 Å². The van der Waals surface area contributed by atoms with Crippen molar-refractivity contribution in [1.29, 1.82) is 0 Å². The fourth-order valence-electron chi connectivity index (χ4n) is 3.04. The molecule has 0 unspecified atom stereocenters. The van der Waals surface area contributed by atoms with Crippen molar-refractivity contribution in [2.24, 2.45) is 0 Å². The van der Waals surface area contributed by atoms with Crippen LogP contribution in [0.2, 0.25) is 0 Å². The van der Waals surface area contributed by atoms with Crippen LogP contribution in [0.1, 0.15) is 18.4 Å². The molecule has 1 aliphatic rings. The van der Waals surface area contributed by atoms with Gasteiger partial charge in [-0.15, -0.1) is 5.10 Å². The Labute approximate surface area is 146 Å². The zero-order valence-corrected chi connectivity index (χ0v) is 14.8. The number of aromatic nitrogens is 6. The first kappa shape index (κ1) is 15.9. The maximum Gasteiger partial charge on any atom is 0.252 e. The summed E-state index contributed by atoms with van der Waals surface area (Å²) in [5.41, 5.74) is 2.81. The molecule has 8 nitrogen and oxygen atoms in total. The fraction of sp³-hybridized carbons (Fsp3) is 0.471. The second-order valence-electron chi connectivity index (χ2n) is 6.38. The van der Waals surface area contributed by atoms with E-state index in [-0.39, 0.29) is 0 Å². The number of piperazine rings is 1. The Hall–Kier alpha value is -2.61. The zero-order chi connectivity index (χ0) is 17.4. The Bertz CT molecular complexity index is 895. The quantitative estimate of drug-likeness (QED) is 0.710. The second kappa shape index (κ2) is 6.36. The molecule has 0 spiro atoms. The minimum Gasteiger partial charge on any atom is -0.338 e. The van der Waals surface area contributed by atoms with Gasteiger partial charge in [0.25, 0.3) is 5.78 Å². The van der Waals surface area contributed by atoms with Gasteiger partial charge in [0.1, 0.15) is 0 Å². The molecule has 0 amide bonds. The Balaban J connectivity index is 1.71. The number of fused-ring (bicyclic) bond motifs is 1. The highest BCUT2D eigenvalue weighted by molar-refractivity contribution is 5.63. The maximum atomic E-state index is 4.78. The molecule has 8 heteroatoms.